The molecular formula is C38H40F3N3O3S. The van der Waals surface area contributed by atoms with Gasteiger partial charge >= 0.3 is 12.1 Å². The zero-order chi connectivity index (χ0) is 34.7. The van der Waals surface area contributed by atoms with Crippen molar-refractivity contribution in [3.63, 3.8) is 0 Å². The molecular weight excluding hydrogens is 635 g/mol. The highest BCUT2D eigenvalue weighted by Crippen LogP contribution is 2.45. The minimum atomic E-state index is -4.45. The molecule has 0 saturated heterocycles. The topological polar surface area (TPSA) is 77.2 Å². The van der Waals surface area contributed by atoms with Crippen LogP contribution in [-0.4, -0.2) is 30.4 Å². The van der Waals surface area contributed by atoms with Gasteiger partial charge in [0.2, 0.25) is 0 Å². The van der Waals surface area contributed by atoms with E-state index in [0.717, 1.165) is 45.0 Å². The van der Waals surface area contributed by atoms with Gasteiger partial charge in [-0.25, -0.2) is 0 Å². The molecule has 5 rings (SSSR count). The molecule has 10 heteroatoms. The van der Waals surface area contributed by atoms with E-state index in [0.29, 0.717) is 49.4 Å². The summed E-state index contributed by atoms with van der Waals surface area (Å²) in [6.45, 7) is 11.1. The van der Waals surface area contributed by atoms with Crippen molar-refractivity contribution in [2.75, 3.05) is 0 Å². The number of aromatic nitrogens is 3. The number of nitrogens with zero attached hydrogens (tertiary/aromatic N) is 3. The molecule has 6 nitrogen and oxygen atoms in total. The minimum absolute atomic E-state index is 0.167. The molecule has 48 heavy (non-hydrogen) atoms. The standard InChI is InChI=1S/C38H40F3N3O3S/c1-6-37(7-2,35(45)46)21-33-34(48-36(3,4)5)30-20-29(47-24-28-10-8-9-19-42-28)16-18-32(30)44(33)23-25-11-13-26(14-12-25)31-17-15-27(22-43-31)38(39,40)41/h8-20,22H,6-7,21,23-24H2,1-5H3,(H,45,46). The molecule has 3 heterocycles. The van der Waals surface area contributed by atoms with Gasteiger partial charge in [0.15, 0.2) is 0 Å². The maximum atomic E-state index is 13.1. The Bertz CT molecular complexity index is 1860. The third-order valence-corrected chi connectivity index (χ3v) is 9.88. The van der Waals surface area contributed by atoms with Crippen LogP contribution in [0.4, 0.5) is 13.2 Å². The van der Waals surface area contributed by atoms with Crippen molar-refractivity contribution in [1.29, 1.82) is 0 Å². The van der Waals surface area contributed by atoms with E-state index in [9.17, 15) is 23.1 Å². The lowest BCUT2D eigenvalue weighted by Gasteiger charge is -2.29. The van der Waals surface area contributed by atoms with E-state index in [1.54, 1.807) is 18.0 Å². The van der Waals surface area contributed by atoms with Gasteiger partial charge < -0.3 is 14.4 Å². The van der Waals surface area contributed by atoms with Crippen LogP contribution in [-0.2, 0) is 30.5 Å². The molecule has 0 aliphatic carbocycles. The van der Waals surface area contributed by atoms with Crippen molar-refractivity contribution in [2.45, 2.75) is 82.9 Å². The Morgan fingerprint density at radius 1 is 0.938 bits per heavy atom. The van der Waals surface area contributed by atoms with Gasteiger partial charge in [-0.3, -0.25) is 14.8 Å². The first kappa shape index (κ1) is 35.0. The number of aliphatic carboxylic acids is 1. The average molecular weight is 676 g/mol. The first-order valence-electron chi connectivity index (χ1n) is 16.0. The lowest BCUT2D eigenvalue weighted by atomic mass is 9.78. The number of carboxylic acid groups (broad SMARTS) is 1. The predicted octanol–water partition coefficient (Wildman–Crippen LogP) is 10.1. The number of carboxylic acids is 1. The highest BCUT2D eigenvalue weighted by molar-refractivity contribution is 8.00. The Morgan fingerprint density at radius 3 is 2.23 bits per heavy atom. The second-order valence-electron chi connectivity index (χ2n) is 13.0. The van der Waals surface area contributed by atoms with Gasteiger partial charge in [-0.05, 0) is 60.9 Å². The summed E-state index contributed by atoms with van der Waals surface area (Å²) in [5.41, 5.74) is 3.09. The van der Waals surface area contributed by atoms with E-state index >= 15 is 0 Å². The highest BCUT2D eigenvalue weighted by Gasteiger charge is 2.38. The number of rotatable bonds is 12. The summed E-state index contributed by atoms with van der Waals surface area (Å²) in [6.07, 6.45) is -0.563. The van der Waals surface area contributed by atoms with E-state index in [2.05, 4.69) is 35.3 Å². The summed E-state index contributed by atoms with van der Waals surface area (Å²) in [4.78, 5) is 22.2. The number of hydrogen-bond donors (Lipinski definition) is 1. The summed E-state index contributed by atoms with van der Waals surface area (Å²) in [5, 5.41) is 11.5. The summed E-state index contributed by atoms with van der Waals surface area (Å²) in [6, 6.07) is 21.7. The lowest BCUT2D eigenvalue weighted by molar-refractivity contribution is -0.149. The van der Waals surface area contributed by atoms with Crippen molar-refractivity contribution in [3.8, 4) is 17.0 Å². The molecule has 0 radical (unpaired) electrons. The van der Waals surface area contributed by atoms with Crippen LogP contribution < -0.4 is 4.74 Å². The van der Waals surface area contributed by atoms with E-state index in [1.807, 2.05) is 74.5 Å². The normalized spacial score (nSPS) is 12.4. The van der Waals surface area contributed by atoms with Gasteiger partial charge in [0.05, 0.1) is 22.4 Å². The summed E-state index contributed by atoms with van der Waals surface area (Å²) < 4.78 is 47.4. The zero-order valence-corrected chi connectivity index (χ0v) is 28.6. The molecule has 0 spiro atoms. The van der Waals surface area contributed by atoms with Gasteiger partial charge in [-0.2, -0.15) is 13.2 Å². The molecule has 0 fully saturated rings. The average Bonchev–Trinajstić information content (AvgIpc) is 3.32. The fourth-order valence-corrected chi connectivity index (χ4v) is 6.94. The molecule has 0 aliphatic heterocycles. The number of halogens is 3. The number of alkyl halides is 3. The highest BCUT2D eigenvalue weighted by atomic mass is 32.2. The molecule has 0 bridgehead atoms. The van der Waals surface area contributed by atoms with Gasteiger partial charge in [-0.15, -0.1) is 11.8 Å². The Kier molecular flexibility index (Phi) is 10.2. The molecule has 0 aliphatic rings. The van der Waals surface area contributed by atoms with Gasteiger partial charge in [-0.1, -0.05) is 65.0 Å². The Morgan fingerprint density at radius 2 is 1.67 bits per heavy atom. The number of fused-ring (bicyclic) bond motifs is 1. The van der Waals surface area contributed by atoms with Crippen LogP contribution >= 0.6 is 11.8 Å². The van der Waals surface area contributed by atoms with Gasteiger partial charge in [0.1, 0.15) is 12.4 Å². The molecule has 0 unspecified atom stereocenters. The molecule has 1 N–H and O–H groups in total. The van der Waals surface area contributed by atoms with Crippen LogP contribution in [0.5, 0.6) is 5.75 Å². The Labute approximate surface area is 283 Å². The van der Waals surface area contributed by atoms with Gasteiger partial charge in [0, 0.05) is 57.2 Å². The van der Waals surface area contributed by atoms with Crippen molar-refractivity contribution in [3.05, 3.63) is 108 Å². The number of hydrogen-bond acceptors (Lipinski definition) is 5. The van der Waals surface area contributed by atoms with E-state index in [4.69, 9.17) is 4.74 Å². The number of carbonyl (C=O) groups is 1. The van der Waals surface area contributed by atoms with Crippen LogP contribution in [0.1, 0.15) is 70.0 Å². The molecule has 0 atom stereocenters. The summed E-state index contributed by atoms with van der Waals surface area (Å²) >= 11 is 1.72. The van der Waals surface area contributed by atoms with E-state index < -0.39 is 23.1 Å². The minimum Gasteiger partial charge on any atom is -0.487 e. The van der Waals surface area contributed by atoms with Crippen LogP contribution in [0, 0.1) is 5.41 Å². The quantitative estimate of drug-likeness (QED) is 0.133. The maximum Gasteiger partial charge on any atom is 0.417 e. The van der Waals surface area contributed by atoms with Crippen molar-refractivity contribution >= 4 is 28.6 Å². The predicted molar refractivity (Wildman–Crippen MR) is 184 cm³/mol. The number of thioether (sulfide) groups is 1. The first-order chi connectivity index (χ1) is 22.7. The smallest absolute Gasteiger partial charge is 0.417 e. The summed E-state index contributed by atoms with van der Waals surface area (Å²) in [5.74, 6) is -0.125. The van der Waals surface area contributed by atoms with Crippen molar-refractivity contribution in [2.24, 2.45) is 5.41 Å². The van der Waals surface area contributed by atoms with Crippen LogP contribution in [0.15, 0.2) is 90.1 Å². The van der Waals surface area contributed by atoms with E-state index in [1.165, 1.54) is 6.07 Å². The molecule has 252 valence electrons. The SMILES string of the molecule is CCC(CC)(Cc1c(SC(C)(C)C)c2cc(OCc3ccccn3)ccc2n1Cc1ccc(-c2ccc(C(F)(F)F)cn2)cc1)C(=O)O. The zero-order valence-electron chi connectivity index (χ0n) is 27.8. The monoisotopic (exact) mass is 675 g/mol. The van der Waals surface area contributed by atoms with Crippen LogP contribution in [0.25, 0.3) is 22.2 Å². The number of pyridine rings is 2. The fraction of sp³-hybridized carbons (Fsp3) is 0.342. The van der Waals surface area contributed by atoms with Crippen LogP contribution in [0.2, 0.25) is 0 Å². The van der Waals surface area contributed by atoms with Crippen molar-refractivity contribution < 1.29 is 27.8 Å². The van der Waals surface area contributed by atoms with Crippen LogP contribution in [0.3, 0.4) is 0 Å². The third-order valence-electron chi connectivity index (χ3n) is 8.61. The second kappa shape index (κ2) is 14.0. The molecule has 2 aromatic carbocycles. The third kappa shape index (κ3) is 7.86. The Balaban J connectivity index is 1.59. The Hall–Kier alpha value is -4.31. The molecule has 3 aromatic heterocycles. The molecule has 5 aromatic rings. The number of benzene rings is 2. The maximum absolute atomic E-state index is 13.1. The molecule has 0 amide bonds. The second-order valence-corrected chi connectivity index (χ2v) is 14.8. The number of ether oxygens (including phenoxy) is 1. The van der Waals surface area contributed by atoms with Gasteiger partial charge in [0.25, 0.3) is 0 Å². The lowest BCUT2D eigenvalue weighted by Crippen LogP contribution is -2.33. The fourth-order valence-electron chi connectivity index (χ4n) is 5.76. The first-order valence-corrected chi connectivity index (χ1v) is 16.8. The largest absolute Gasteiger partial charge is 0.487 e. The van der Waals surface area contributed by atoms with Crippen molar-refractivity contribution in [1.82, 2.24) is 14.5 Å². The van der Waals surface area contributed by atoms with E-state index in [-0.39, 0.29) is 4.75 Å². The molecule has 0 saturated carbocycles. The summed E-state index contributed by atoms with van der Waals surface area (Å²) in [7, 11) is 0.